The summed E-state index contributed by atoms with van der Waals surface area (Å²) in [5.41, 5.74) is 1.21. The summed E-state index contributed by atoms with van der Waals surface area (Å²) in [7, 11) is 3.30. The maximum Gasteiger partial charge on any atom is 0.318 e. The minimum absolute atomic E-state index is 0.0271. The molecule has 1 heterocycles. The monoisotopic (exact) mass is 386 g/mol. The van der Waals surface area contributed by atoms with E-state index in [1.807, 2.05) is 29.2 Å². The molecule has 6 heteroatoms. The van der Waals surface area contributed by atoms with E-state index in [-0.39, 0.29) is 30.0 Å². The second kappa shape index (κ2) is 8.61. The number of halogens is 1. The van der Waals surface area contributed by atoms with Crippen LogP contribution in [0.15, 0.2) is 48.5 Å². The summed E-state index contributed by atoms with van der Waals surface area (Å²) in [4.78, 5) is 14.4. The van der Waals surface area contributed by atoms with E-state index >= 15 is 0 Å². The number of urea groups is 1. The maximum atomic E-state index is 13.7. The van der Waals surface area contributed by atoms with Gasteiger partial charge in [0.05, 0.1) is 18.2 Å². The predicted octanol–water partition coefficient (Wildman–Crippen LogP) is 4.29. The van der Waals surface area contributed by atoms with Gasteiger partial charge in [-0.2, -0.15) is 0 Å². The average Bonchev–Trinajstić information content (AvgIpc) is 3.04. The van der Waals surface area contributed by atoms with Crippen molar-refractivity contribution >= 4 is 6.03 Å². The van der Waals surface area contributed by atoms with Gasteiger partial charge in [0, 0.05) is 19.7 Å². The van der Waals surface area contributed by atoms with Crippen molar-refractivity contribution in [1.82, 2.24) is 10.2 Å². The first-order chi connectivity index (χ1) is 13.5. The molecule has 5 nitrogen and oxygen atoms in total. The third kappa shape index (κ3) is 4.12. The molecule has 0 bridgehead atoms. The molecule has 1 fully saturated rings. The Morgan fingerprint density at radius 1 is 1.25 bits per heavy atom. The van der Waals surface area contributed by atoms with Gasteiger partial charge in [0.2, 0.25) is 0 Å². The van der Waals surface area contributed by atoms with Gasteiger partial charge >= 0.3 is 6.03 Å². The third-order valence-corrected chi connectivity index (χ3v) is 5.35. The number of benzene rings is 2. The lowest BCUT2D eigenvalue weighted by atomic mass is 10.0. The summed E-state index contributed by atoms with van der Waals surface area (Å²) in [5.74, 6) is 0.389. The molecule has 2 amide bonds. The molecule has 1 saturated heterocycles. The predicted molar refractivity (Wildman–Crippen MR) is 106 cm³/mol. The number of nitrogens with zero attached hydrogens (tertiary/aromatic N) is 1. The fourth-order valence-corrected chi connectivity index (χ4v) is 3.91. The Balaban J connectivity index is 1.73. The fraction of sp³-hybridized carbons (Fsp3) is 0.409. The Bertz CT molecular complexity index is 812. The number of carbonyl (C=O) groups excluding carboxylic acids is 1. The van der Waals surface area contributed by atoms with E-state index in [9.17, 15) is 9.18 Å². The van der Waals surface area contributed by atoms with Gasteiger partial charge in [-0.25, -0.2) is 9.18 Å². The van der Waals surface area contributed by atoms with Crippen LogP contribution in [0.4, 0.5) is 9.18 Å². The lowest BCUT2D eigenvalue weighted by Gasteiger charge is -2.38. The summed E-state index contributed by atoms with van der Waals surface area (Å²) in [6, 6.07) is 14.1. The van der Waals surface area contributed by atoms with Crippen LogP contribution in [-0.2, 0) is 11.3 Å². The van der Waals surface area contributed by atoms with Crippen molar-refractivity contribution in [1.29, 1.82) is 0 Å². The van der Waals surface area contributed by atoms with Crippen molar-refractivity contribution in [3.8, 4) is 5.75 Å². The molecular weight excluding hydrogens is 359 g/mol. The molecule has 1 N–H and O–H groups in total. The summed E-state index contributed by atoms with van der Waals surface area (Å²) in [6.07, 6.45) is 1.73. The second-order valence-corrected chi connectivity index (χ2v) is 7.36. The van der Waals surface area contributed by atoms with Gasteiger partial charge in [0.25, 0.3) is 0 Å². The first-order valence-corrected chi connectivity index (χ1v) is 9.44. The van der Waals surface area contributed by atoms with Crippen molar-refractivity contribution in [2.24, 2.45) is 0 Å². The summed E-state index contributed by atoms with van der Waals surface area (Å²) in [6.45, 7) is 2.71. The van der Waals surface area contributed by atoms with Crippen LogP contribution in [0.2, 0.25) is 0 Å². The molecular formula is C22H27FN2O3. The Kier molecular flexibility index (Phi) is 6.19. The van der Waals surface area contributed by atoms with Gasteiger partial charge in [0.15, 0.2) is 0 Å². The minimum Gasteiger partial charge on any atom is -0.489 e. The van der Waals surface area contributed by atoms with Gasteiger partial charge in [-0.3, -0.25) is 0 Å². The van der Waals surface area contributed by atoms with Crippen molar-refractivity contribution in [2.75, 3.05) is 20.8 Å². The minimum atomic E-state index is -0.348. The summed E-state index contributed by atoms with van der Waals surface area (Å²) < 4.78 is 24.8. The van der Waals surface area contributed by atoms with Gasteiger partial charge in [0.1, 0.15) is 18.2 Å². The highest BCUT2D eigenvalue weighted by atomic mass is 19.1. The molecule has 0 aliphatic carbocycles. The number of likely N-dealkylation sites (tertiary alicyclic amines) is 1. The number of nitrogens with one attached hydrogen (secondary N) is 1. The molecule has 28 heavy (non-hydrogen) atoms. The highest BCUT2D eigenvalue weighted by molar-refractivity contribution is 5.76. The average molecular weight is 386 g/mol. The van der Waals surface area contributed by atoms with Crippen LogP contribution in [0.5, 0.6) is 5.75 Å². The number of amides is 2. The largest absolute Gasteiger partial charge is 0.489 e. The SMILES string of the molecule is CNC(=O)N1[C@@H](c2ccc(OCc3ccccc3F)cc2)CCC1(C)COC. The molecule has 0 radical (unpaired) electrons. The topological polar surface area (TPSA) is 50.8 Å². The van der Waals surface area contributed by atoms with E-state index in [1.165, 1.54) is 6.07 Å². The molecule has 3 rings (SSSR count). The fourth-order valence-electron chi connectivity index (χ4n) is 3.91. The zero-order chi connectivity index (χ0) is 20.1. The maximum absolute atomic E-state index is 13.7. The Labute approximate surface area is 165 Å². The van der Waals surface area contributed by atoms with Gasteiger partial charge in [-0.05, 0) is 43.5 Å². The van der Waals surface area contributed by atoms with E-state index in [2.05, 4.69) is 12.2 Å². The highest BCUT2D eigenvalue weighted by Gasteiger charge is 2.46. The molecule has 1 unspecified atom stereocenters. The van der Waals surface area contributed by atoms with Crippen molar-refractivity contribution in [3.05, 3.63) is 65.5 Å². The van der Waals surface area contributed by atoms with Crippen molar-refractivity contribution in [2.45, 2.75) is 38.0 Å². The number of ether oxygens (including phenoxy) is 2. The van der Waals surface area contributed by atoms with Crippen LogP contribution >= 0.6 is 0 Å². The van der Waals surface area contributed by atoms with Crippen LogP contribution in [0.1, 0.15) is 36.9 Å². The van der Waals surface area contributed by atoms with Crippen LogP contribution in [0, 0.1) is 5.82 Å². The van der Waals surface area contributed by atoms with Crippen LogP contribution < -0.4 is 10.1 Å². The normalized spacial score (nSPS) is 21.6. The number of hydrogen-bond acceptors (Lipinski definition) is 3. The smallest absolute Gasteiger partial charge is 0.318 e. The van der Waals surface area contributed by atoms with Crippen molar-refractivity contribution < 1.29 is 18.7 Å². The number of methoxy groups -OCH3 is 1. The van der Waals surface area contributed by atoms with Gasteiger partial charge in [-0.15, -0.1) is 0 Å². The highest BCUT2D eigenvalue weighted by Crippen LogP contribution is 2.43. The number of rotatable bonds is 6. The quantitative estimate of drug-likeness (QED) is 0.806. The van der Waals surface area contributed by atoms with Crippen molar-refractivity contribution in [3.63, 3.8) is 0 Å². The van der Waals surface area contributed by atoms with Gasteiger partial charge < -0.3 is 19.7 Å². The third-order valence-electron chi connectivity index (χ3n) is 5.35. The van der Waals surface area contributed by atoms with Crippen LogP contribution in [-0.4, -0.2) is 37.2 Å². The van der Waals surface area contributed by atoms with E-state index in [1.54, 1.807) is 32.4 Å². The second-order valence-electron chi connectivity index (χ2n) is 7.36. The lowest BCUT2D eigenvalue weighted by molar-refractivity contribution is 0.0547. The lowest BCUT2D eigenvalue weighted by Crippen LogP contribution is -2.52. The molecule has 0 spiro atoms. The Hall–Kier alpha value is -2.60. The van der Waals surface area contributed by atoms with E-state index in [4.69, 9.17) is 9.47 Å². The first kappa shape index (κ1) is 20.1. The van der Waals surface area contributed by atoms with E-state index < -0.39 is 0 Å². The Morgan fingerprint density at radius 3 is 2.61 bits per heavy atom. The first-order valence-electron chi connectivity index (χ1n) is 9.44. The molecule has 2 aromatic rings. The number of hydrogen-bond donors (Lipinski definition) is 1. The molecule has 1 aliphatic rings. The van der Waals surface area contributed by atoms with E-state index in [0.29, 0.717) is 17.9 Å². The molecule has 0 saturated carbocycles. The van der Waals surface area contributed by atoms with Crippen LogP contribution in [0.25, 0.3) is 0 Å². The van der Waals surface area contributed by atoms with E-state index in [0.717, 1.165) is 18.4 Å². The molecule has 0 aromatic heterocycles. The number of carbonyl (C=O) groups is 1. The molecule has 1 aliphatic heterocycles. The zero-order valence-electron chi connectivity index (χ0n) is 16.6. The standard InChI is InChI=1S/C22H27FN2O3/c1-22(15-27-3)13-12-20(25(22)21(26)24-2)16-8-10-18(11-9-16)28-14-17-6-4-5-7-19(17)23/h4-11,20H,12-15H2,1-3H3,(H,24,26)/t20-,22?/m1/s1. The summed E-state index contributed by atoms with van der Waals surface area (Å²) >= 11 is 0. The molecule has 150 valence electrons. The zero-order valence-corrected chi connectivity index (χ0v) is 16.6. The van der Waals surface area contributed by atoms with Gasteiger partial charge in [-0.1, -0.05) is 30.3 Å². The molecule has 2 aromatic carbocycles. The summed E-state index contributed by atoms with van der Waals surface area (Å²) in [5, 5.41) is 2.75. The molecule has 2 atom stereocenters. The Morgan fingerprint density at radius 2 is 1.96 bits per heavy atom. The van der Waals surface area contributed by atoms with Crippen LogP contribution in [0.3, 0.4) is 0 Å².